The Morgan fingerprint density at radius 1 is 1.13 bits per heavy atom. The lowest BCUT2D eigenvalue weighted by molar-refractivity contribution is 0.682. The minimum atomic E-state index is 0.161. The first-order chi connectivity index (χ1) is 6.86. The number of aryl methyl sites for hydroxylation is 1. The van der Waals surface area contributed by atoms with Gasteiger partial charge in [-0.05, 0) is 30.4 Å². The largest absolute Gasteiger partial charge is 0.315 e. The highest BCUT2D eigenvalue weighted by Crippen LogP contribution is 2.19. The first kappa shape index (κ1) is 12.0. The first-order valence-electron chi connectivity index (χ1n) is 5.56. The average Bonchev–Trinajstić information content (AvgIpc) is 2.10. The third-order valence-corrected chi connectivity index (χ3v) is 2.88. The van der Waals surface area contributed by atoms with Crippen LogP contribution < -0.4 is 5.56 Å². The van der Waals surface area contributed by atoms with Crippen LogP contribution >= 0.6 is 0 Å². The Labute approximate surface area is 91.9 Å². The molecule has 0 radical (unpaired) electrons. The molecule has 0 saturated heterocycles. The predicted molar refractivity (Wildman–Crippen MR) is 64.6 cm³/mol. The summed E-state index contributed by atoms with van der Waals surface area (Å²) in [5.74, 6) is 0.688. The quantitative estimate of drug-likeness (QED) is 0.731. The van der Waals surface area contributed by atoms with E-state index >= 15 is 0 Å². The van der Waals surface area contributed by atoms with E-state index in [1.165, 1.54) is 0 Å². The van der Waals surface area contributed by atoms with Gasteiger partial charge < -0.3 is 4.57 Å². The number of hydrogen-bond donors (Lipinski definition) is 0. The SMILES string of the molecule is Cc1cc(C(C)C)n(C)c(=O)c1C(C)C. The zero-order chi connectivity index (χ0) is 11.7. The van der Waals surface area contributed by atoms with Crippen LogP contribution in [0.25, 0.3) is 0 Å². The van der Waals surface area contributed by atoms with E-state index in [2.05, 4.69) is 33.8 Å². The second kappa shape index (κ2) is 4.21. The van der Waals surface area contributed by atoms with Gasteiger partial charge in [0.05, 0.1) is 0 Å². The van der Waals surface area contributed by atoms with Gasteiger partial charge in [0.15, 0.2) is 0 Å². The van der Waals surface area contributed by atoms with Crippen molar-refractivity contribution in [2.45, 2.75) is 46.5 Å². The second-order valence-corrected chi connectivity index (χ2v) is 4.84. The summed E-state index contributed by atoms with van der Waals surface area (Å²) in [5, 5.41) is 0. The topological polar surface area (TPSA) is 22.0 Å². The van der Waals surface area contributed by atoms with Crippen molar-refractivity contribution in [3.63, 3.8) is 0 Å². The standard InChI is InChI=1S/C13H21NO/c1-8(2)11-7-10(5)12(9(3)4)13(15)14(11)6/h7-9H,1-6H3. The number of nitrogens with zero attached hydrogens (tertiary/aromatic N) is 1. The molecule has 0 aromatic carbocycles. The Morgan fingerprint density at radius 2 is 1.67 bits per heavy atom. The van der Waals surface area contributed by atoms with Crippen molar-refractivity contribution < 1.29 is 0 Å². The van der Waals surface area contributed by atoms with Crippen LogP contribution in [0, 0.1) is 6.92 Å². The van der Waals surface area contributed by atoms with Crippen molar-refractivity contribution in [2.75, 3.05) is 0 Å². The molecule has 0 fully saturated rings. The predicted octanol–water partition coefficient (Wildman–Crippen LogP) is 2.94. The van der Waals surface area contributed by atoms with Crippen LogP contribution in [0.15, 0.2) is 10.9 Å². The van der Waals surface area contributed by atoms with Crippen LogP contribution in [0.4, 0.5) is 0 Å². The molecule has 0 aliphatic carbocycles. The minimum Gasteiger partial charge on any atom is -0.315 e. The monoisotopic (exact) mass is 207 g/mol. The van der Waals surface area contributed by atoms with Crippen LogP contribution in [0.1, 0.15) is 56.4 Å². The number of rotatable bonds is 2. The summed E-state index contributed by atoms with van der Waals surface area (Å²) in [6, 6.07) is 2.14. The lowest BCUT2D eigenvalue weighted by Crippen LogP contribution is -2.26. The number of hydrogen-bond acceptors (Lipinski definition) is 1. The molecule has 2 nitrogen and oxygen atoms in total. The first-order valence-corrected chi connectivity index (χ1v) is 5.56. The molecular weight excluding hydrogens is 186 g/mol. The van der Waals surface area contributed by atoms with E-state index < -0.39 is 0 Å². The fourth-order valence-electron chi connectivity index (χ4n) is 2.12. The van der Waals surface area contributed by atoms with Crippen LogP contribution in [-0.4, -0.2) is 4.57 Å². The fraction of sp³-hybridized carbons (Fsp3) is 0.615. The van der Waals surface area contributed by atoms with Crippen molar-refractivity contribution in [3.05, 3.63) is 33.2 Å². The highest BCUT2D eigenvalue weighted by atomic mass is 16.1. The summed E-state index contributed by atoms with van der Waals surface area (Å²) in [4.78, 5) is 12.1. The van der Waals surface area contributed by atoms with Gasteiger partial charge in [0.1, 0.15) is 0 Å². The summed E-state index contributed by atoms with van der Waals surface area (Å²) >= 11 is 0. The summed E-state index contributed by atoms with van der Waals surface area (Å²) in [6.45, 7) is 10.4. The normalized spacial score (nSPS) is 11.5. The molecule has 1 rings (SSSR count). The van der Waals surface area contributed by atoms with E-state index in [-0.39, 0.29) is 5.56 Å². The molecule has 1 aromatic heterocycles. The van der Waals surface area contributed by atoms with Gasteiger partial charge in [-0.1, -0.05) is 27.7 Å². The summed E-state index contributed by atoms with van der Waals surface area (Å²) in [6.07, 6.45) is 0. The maximum absolute atomic E-state index is 12.1. The van der Waals surface area contributed by atoms with Crippen molar-refractivity contribution in [2.24, 2.45) is 7.05 Å². The molecule has 1 heterocycles. The molecule has 0 aliphatic rings. The van der Waals surface area contributed by atoms with Gasteiger partial charge in [-0.3, -0.25) is 4.79 Å². The highest BCUT2D eigenvalue weighted by Gasteiger charge is 2.14. The van der Waals surface area contributed by atoms with E-state index in [1.54, 1.807) is 4.57 Å². The summed E-state index contributed by atoms with van der Waals surface area (Å²) < 4.78 is 1.78. The molecule has 0 amide bonds. The van der Waals surface area contributed by atoms with E-state index in [9.17, 15) is 4.79 Å². The van der Waals surface area contributed by atoms with Crippen LogP contribution in [-0.2, 0) is 7.05 Å². The molecule has 0 unspecified atom stereocenters. The van der Waals surface area contributed by atoms with Gasteiger partial charge in [0.2, 0.25) is 0 Å². The molecule has 2 heteroatoms. The van der Waals surface area contributed by atoms with Crippen molar-refractivity contribution in [1.82, 2.24) is 4.57 Å². The van der Waals surface area contributed by atoms with Crippen molar-refractivity contribution in [1.29, 1.82) is 0 Å². The van der Waals surface area contributed by atoms with Crippen molar-refractivity contribution in [3.8, 4) is 0 Å². The highest BCUT2D eigenvalue weighted by molar-refractivity contribution is 5.30. The Balaban J connectivity index is 3.52. The van der Waals surface area contributed by atoms with Gasteiger partial charge in [-0.2, -0.15) is 0 Å². The molecule has 15 heavy (non-hydrogen) atoms. The Morgan fingerprint density at radius 3 is 2.07 bits per heavy atom. The zero-order valence-electron chi connectivity index (χ0n) is 10.6. The van der Waals surface area contributed by atoms with Crippen LogP contribution in [0.2, 0.25) is 0 Å². The van der Waals surface area contributed by atoms with Gasteiger partial charge in [-0.25, -0.2) is 0 Å². The van der Waals surface area contributed by atoms with Crippen LogP contribution in [0.3, 0.4) is 0 Å². The molecule has 0 saturated carbocycles. The summed E-state index contributed by atoms with van der Waals surface area (Å²) in [7, 11) is 1.86. The third-order valence-electron chi connectivity index (χ3n) is 2.88. The number of pyridine rings is 1. The average molecular weight is 207 g/mol. The van der Waals surface area contributed by atoms with Gasteiger partial charge >= 0.3 is 0 Å². The molecule has 84 valence electrons. The molecule has 0 bridgehead atoms. The minimum absolute atomic E-state index is 0.161. The van der Waals surface area contributed by atoms with Gasteiger partial charge in [-0.15, -0.1) is 0 Å². The van der Waals surface area contributed by atoms with Crippen molar-refractivity contribution >= 4 is 0 Å². The van der Waals surface area contributed by atoms with Gasteiger partial charge in [0.25, 0.3) is 5.56 Å². The lowest BCUT2D eigenvalue weighted by atomic mass is 9.97. The third kappa shape index (κ3) is 2.14. The summed E-state index contributed by atoms with van der Waals surface area (Å²) in [5.41, 5.74) is 3.34. The Hall–Kier alpha value is -1.05. The molecule has 0 N–H and O–H groups in total. The van der Waals surface area contributed by atoms with Gasteiger partial charge in [0, 0.05) is 18.3 Å². The zero-order valence-corrected chi connectivity index (χ0v) is 10.6. The molecule has 0 atom stereocenters. The lowest BCUT2D eigenvalue weighted by Gasteiger charge is -2.17. The maximum Gasteiger partial charge on any atom is 0.254 e. The van der Waals surface area contributed by atoms with E-state index in [0.717, 1.165) is 16.8 Å². The Kier molecular flexibility index (Phi) is 3.38. The second-order valence-electron chi connectivity index (χ2n) is 4.84. The maximum atomic E-state index is 12.1. The van der Waals surface area contributed by atoms with E-state index in [1.807, 2.05) is 14.0 Å². The fourth-order valence-corrected chi connectivity index (χ4v) is 2.12. The molecular formula is C13H21NO. The molecule has 0 spiro atoms. The Bertz CT molecular complexity index is 413. The smallest absolute Gasteiger partial charge is 0.254 e. The number of aromatic nitrogens is 1. The van der Waals surface area contributed by atoms with E-state index in [4.69, 9.17) is 0 Å². The van der Waals surface area contributed by atoms with E-state index in [0.29, 0.717) is 11.8 Å². The molecule has 1 aromatic rings. The molecule has 0 aliphatic heterocycles. The van der Waals surface area contributed by atoms with Crippen LogP contribution in [0.5, 0.6) is 0 Å².